The number of sulfonamides is 1. The largest absolute Gasteiger partial charge is 0.481 e. The molecule has 0 amide bonds. The molecule has 1 aliphatic heterocycles. The fourth-order valence-corrected chi connectivity index (χ4v) is 5.61. The van der Waals surface area contributed by atoms with Gasteiger partial charge in [0.2, 0.25) is 10.0 Å². The molecule has 0 spiro atoms. The van der Waals surface area contributed by atoms with E-state index >= 15 is 0 Å². The summed E-state index contributed by atoms with van der Waals surface area (Å²) in [6.07, 6.45) is 0.844. The van der Waals surface area contributed by atoms with Gasteiger partial charge in [0.1, 0.15) is 4.90 Å². The van der Waals surface area contributed by atoms with Crippen LogP contribution in [0.2, 0.25) is 15.1 Å². The van der Waals surface area contributed by atoms with E-state index in [1.165, 1.54) is 12.1 Å². The average molecular weight is 373 g/mol. The van der Waals surface area contributed by atoms with Gasteiger partial charge in [-0.2, -0.15) is 4.31 Å². The molecule has 0 saturated carbocycles. The zero-order valence-electron chi connectivity index (χ0n) is 10.7. The molecule has 1 saturated heterocycles. The van der Waals surface area contributed by atoms with Gasteiger partial charge in [0.05, 0.1) is 16.5 Å². The number of halogens is 3. The summed E-state index contributed by atoms with van der Waals surface area (Å²) < 4.78 is 26.6. The number of carboxylic acid groups (broad SMARTS) is 1. The minimum absolute atomic E-state index is 0.0755. The molecule has 0 radical (unpaired) electrons. The number of hydrogen-bond donors (Lipinski definition) is 1. The SMILES string of the molecule is O=C(O)CC1CCCN1S(=O)(=O)c1c(Cl)cc(Cl)cc1Cl. The summed E-state index contributed by atoms with van der Waals surface area (Å²) in [4.78, 5) is 10.6. The third-order valence-corrected chi connectivity index (χ3v) is 6.36. The Morgan fingerprint density at radius 3 is 2.38 bits per heavy atom. The number of aliphatic carboxylic acids is 1. The summed E-state index contributed by atoms with van der Waals surface area (Å²) >= 11 is 17.7. The van der Waals surface area contributed by atoms with Crippen LogP contribution in [0, 0.1) is 0 Å². The zero-order chi connectivity index (χ0) is 15.8. The summed E-state index contributed by atoms with van der Waals surface area (Å²) in [6, 6.07) is 2.00. The maximum atomic E-state index is 12.7. The number of benzene rings is 1. The Balaban J connectivity index is 2.45. The van der Waals surface area contributed by atoms with Gasteiger partial charge in [-0.05, 0) is 25.0 Å². The molecule has 2 rings (SSSR count). The van der Waals surface area contributed by atoms with Crippen molar-refractivity contribution in [2.75, 3.05) is 6.54 Å². The van der Waals surface area contributed by atoms with E-state index < -0.39 is 22.0 Å². The second-order valence-corrected chi connectivity index (χ2v) is 7.79. The van der Waals surface area contributed by atoms with Crippen LogP contribution in [-0.2, 0) is 14.8 Å². The topological polar surface area (TPSA) is 74.7 Å². The first kappa shape index (κ1) is 16.8. The van der Waals surface area contributed by atoms with Crippen LogP contribution < -0.4 is 0 Å². The molecular formula is C12H12Cl3NO4S. The lowest BCUT2D eigenvalue weighted by Crippen LogP contribution is -2.37. The molecule has 116 valence electrons. The van der Waals surface area contributed by atoms with E-state index in [0.29, 0.717) is 12.8 Å². The van der Waals surface area contributed by atoms with Gasteiger partial charge in [0.25, 0.3) is 0 Å². The second-order valence-electron chi connectivity index (χ2n) is 4.71. The molecule has 5 nitrogen and oxygen atoms in total. The van der Waals surface area contributed by atoms with Crippen molar-refractivity contribution in [1.82, 2.24) is 4.31 Å². The van der Waals surface area contributed by atoms with E-state index in [1.54, 1.807) is 0 Å². The van der Waals surface area contributed by atoms with Crippen molar-refractivity contribution in [3.63, 3.8) is 0 Å². The highest BCUT2D eigenvalue weighted by Gasteiger charge is 2.38. The van der Waals surface area contributed by atoms with E-state index in [9.17, 15) is 13.2 Å². The maximum absolute atomic E-state index is 12.7. The molecule has 1 N–H and O–H groups in total. The van der Waals surface area contributed by atoms with Crippen molar-refractivity contribution < 1.29 is 18.3 Å². The normalized spacial score (nSPS) is 19.9. The highest BCUT2D eigenvalue weighted by molar-refractivity contribution is 7.89. The van der Waals surface area contributed by atoms with Crippen molar-refractivity contribution in [3.05, 3.63) is 27.2 Å². The van der Waals surface area contributed by atoms with Crippen LogP contribution in [0.3, 0.4) is 0 Å². The van der Waals surface area contributed by atoms with E-state index in [4.69, 9.17) is 39.9 Å². The second kappa shape index (κ2) is 6.30. The molecule has 0 bridgehead atoms. The van der Waals surface area contributed by atoms with Crippen LogP contribution in [0.5, 0.6) is 0 Å². The van der Waals surface area contributed by atoms with Gasteiger partial charge in [-0.3, -0.25) is 4.79 Å². The summed E-state index contributed by atoms with van der Waals surface area (Å²) in [7, 11) is -3.96. The molecule has 1 aromatic rings. The van der Waals surface area contributed by atoms with Gasteiger partial charge < -0.3 is 5.11 Å². The van der Waals surface area contributed by atoms with Gasteiger partial charge in [-0.25, -0.2) is 8.42 Å². The lowest BCUT2D eigenvalue weighted by Gasteiger charge is -2.24. The standard InChI is InChI=1S/C12H12Cl3NO4S/c13-7-4-9(14)12(10(15)5-7)21(19,20)16-3-1-2-8(16)6-11(17)18/h4-5,8H,1-3,6H2,(H,17,18). The minimum Gasteiger partial charge on any atom is -0.481 e. The number of hydrogen-bond acceptors (Lipinski definition) is 3. The fourth-order valence-electron chi connectivity index (χ4n) is 2.42. The molecule has 1 unspecified atom stereocenters. The lowest BCUT2D eigenvalue weighted by molar-refractivity contribution is -0.137. The van der Waals surface area contributed by atoms with Crippen molar-refractivity contribution in [3.8, 4) is 0 Å². The van der Waals surface area contributed by atoms with E-state index in [1.807, 2.05) is 0 Å². The molecular weight excluding hydrogens is 361 g/mol. The smallest absolute Gasteiger partial charge is 0.304 e. The van der Waals surface area contributed by atoms with Crippen LogP contribution in [-0.4, -0.2) is 36.4 Å². The molecule has 21 heavy (non-hydrogen) atoms. The molecule has 1 heterocycles. The Bertz CT molecular complexity index is 654. The molecule has 9 heteroatoms. The Morgan fingerprint density at radius 2 is 1.86 bits per heavy atom. The number of nitrogens with zero attached hydrogens (tertiary/aromatic N) is 1. The maximum Gasteiger partial charge on any atom is 0.304 e. The monoisotopic (exact) mass is 371 g/mol. The average Bonchev–Trinajstić information content (AvgIpc) is 2.74. The van der Waals surface area contributed by atoms with E-state index in [2.05, 4.69) is 0 Å². The Kier molecular flexibility index (Phi) is 5.05. The van der Waals surface area contributed by atoms with Crippen LogP contribution in [0.15, 0.2) is 17.0 Å². The molecule has 0 aromatic heterocycles. The van der Waals surface area contributed by atoms with Gasteiger partial charge in [-0.1, -0.05) is 34.8 Å². The Morgan fingerprint density at radius 1 is 1.29 bits per heavy atom. The Hall–Kier alpha value is -0.530. The van der Waals surface area contributed by atoms with Crippen LogP contribution in [0.25, 0.3) is 0 Å². The third-order valence-electron chi connectivity index (χ3n) is 3.26. The van der Waals surface area contributed by atoms with Crippen LogP contribution in [0.1, 0.15) is 19.3 Å². The summed E-state index contributed by atoms with van der Waals surface area (Å²) in [5.74, 6) is -1.05. The van der Waals surface area contributed by atoms with Gasteiger partial charge in [0, 0.05) is 17.6 Å². The first-order valence-electron chi connectivity index (χ1n) is 6.11. The van der Waals surface area contributed by atoms with Crippen molar-refractivity contribution in [2.45, 2.75) is 30.2 Å². The first-order valence-corrected chi connectivity index (χ1v) is 8.69. The van der Waals surface area contributed by atoms with Crippen molar-refractivity contribution >= 4 is 50.8 Å². The van der Waals surface area contributed by atoms with Gasteiger partial charge >= 0.3 is 5.97 Å². The molecule has 0 aliphatic carbocycles. The fraction of sp³-hybridized carbons (Fsp3) is 0.417. The quantitative estimate of drug-likeness (QED) is 0.880. The van der Waals surface area contributed by atoms with Crippen molar-refractivity contribution in [2.24, 2.45) is 0 Å². The number of carboxylic acids is 1. The van der Waals surface area contributed by atoms with E-state index in [-0.39, 0.29) is 32.9 Å². The summed E-state index contributed by atoms with van der Waals surface area (Å²) in [6.45, 7) is 0.246. The predicted molar refractivity (Wildman–Crippen MR) is 80.6 cm³/mol. The highest BCUT2D eigenvalue weighted by Crippen LogP contribution is 2.37. The zero-order valence-corrected chi connectivity index (χ0v) is 13.8. The van der Waals surface area contributed by atoms with Crippen LogP contribution >= 0.6 is 34.8 Å². The molecule has 1 atom stereocenters. The lowest BCUT2D eigenvalue weighted by atomic mass is 10.2. The highest BCUT2D eigenvalue weighted by atomic mass is 35.5. The summed E-state index contributed by atoms with van der Waals surface area (Å²) in [5, 5.41) is 8.96. The Labute approximate surface area is 137 Å². The molecule has 1 aliphatic rings. The number of carbonyl (C=O) groups is 1. The van der Waals surface area contributed by atoms with Crippen LogP contribution in [0.4, 0.5) is 0 Å². The number of rotatable bonds is 4. The summed E-state index contributed by atoms with van der Waals surface area (Å²) in [5.41, 5.74) is 0. The molecule has 1 aromatic carbocycles. The predicted octanol–water partition coefficient (Wildman–Crippen LogP) is 3.27. The van der Waals surface area contributed by atoms with Gasteiger partial charge in [0.15, 0.2) is 0 Å². The minimum atomic E-state index is -3.96. The van der Waals surface area contributed by atoms with Gasteiger partial charge in [-0.15, -0.1) is 0 Å². The molecule has 1 fully saturated rings. The van der Waals surface area contributed by atoms with Crippen molar-refractivity contribution in [1.29, 1.82) is 0 Å². The van der Waals surface area contributed by atoms with E-state index in [0.717, 1.165) is 4.31 Å². The first-order chi connectivity index (χ1) is 9.73. The third kappa shape index (κ3) is 3.46.